The van der Waals surface area contributed by atoms with Gasteiger partial charge in [-0.05, 0) is 12.1 Å². The average Bonchev–Trinajstić information content (AvgIpc) is 2.62. The number of benzene rings is 1. The molecule has 0 atom stereocenters. The number of phenols is 2. The summed E-state index contributed by atoms with van der Waals surface area (Å²) in [7, 11) is 0. The van der Waals surface area contributed by atoms with Gasteiger partial charge in [0.15, 0.2) is 15.8 Å². The van der Waals surface area contributed by atoms with Crippen molar-refractivity contribution in [2.75, 3.05) is 5.75 Å². The third-order valence-corrected chi connectivity index (χ3v) is 3.42. The highest BCUT2D eigenvalue weighted by molar-refractivity contribution is 8.23. The van der Waals surface area contributed by atoms with Crippen LogP contribution in [0.4, 0.5) is 0 Å². The normalized spacial score (nSPS) is 16.1. The Hall–Kier alpha value is -1.60. The number of hydrogen-bond donors (Lipinski definition) is 2. The van der Waals surface area contributed by atoms with Gasteiger partial charge >= 0.3 is 0 Å². The first-order valence-electron chi connectivity index (χ1n) is 4.64. The number of hydrogen-bond acceptors (Lipinski definition) is 6. The van der Waals surface area contributed by atoms with Crippen LogP contribution in [0.2, 0.25) is 0 Å². The highest BCUT2D eigenvalue weighted by atomic mass is 32.2. The number of phenolic OH excluding ortho intramolecular Hbond substituents is 2. The van der Waals surface area contributed by atoms with E-state index in [2.05, 4.69) is 5.10 Å². The van der Waals surface area contributed by atoms with Crippen molar-refractivity contribution < 1.29 is 15.0 Å². The minimum Gasteiger partial charge on any atom is -0.504 e. The number of rotatable bonds is 2. The first-order valence-corrected chi connectivity index (χ1v) is 6.03. The number of amides is 1. The van der Waals surface area contributed by atoms with E-state index in [1.165, 1.54) is 24.0 Å². The molecule has 1 saturated heterocycles. The van der Waals surface area contributed by atoms with Gasteiger partial charge in [0.1, 0.15) is 0 Å². The lowest BCUT2D eigenvalue weighted by Crippen LogP contribution is -2.22. The predicted molar refractivity (Wildman–Crippen MR) is 69.3 cm³/mol. The molecule has 0 unspecified atom stereocenters. The van der Waals surface area contributed by atoms with Crippen molar-refractivity contribution in [2.24, 2.45) is 5.10 Å². The van der Waals surface area contributed by atoms with Crippen molar-refractivity contribution in [1.29, 1.82) is 0 Å². The zero-order valence-corrected chi connectivity index (χ0v) is 10.2. The van der Waals surface area contributed by atoms with E-state index < -0.39 is 0 Å². The van der Waals surface area contributed by atoms with Crippen molar-refractivity contribution in [3.05, 3.63) is 23.8 Å². The fourth-order valence-corrected chi connectivity index (χ4v) is 2.20. The maximum Gasteiger partial charge on any atom is 0.259 e. The third-order valence-electron chi connectivity index (χ3n) is 2.09. The van der Waals surface area contributed by atoms with Crippen molar-refractivity contribution in [3.8, 4) is 11.5 Å². The average molecular weight is 268 g/mol. The Morgan fingerprint density at radius 2 is 2.24 bits per heavy atom. The first kappa shape index (κ1) is 11.9. The number of thiocarbonyl (C=S) groups is 1. The molecule has 1 fully saturated rings. The smallest absolute Gasteiger partial charge is 0.259 e. The first-order chi connectivity index (χ1) is 8.09. The van der Waals surface area contributed by atoms with Gasteiger partial charge in [-0.2, -0.15) is 10.1 Å². The Morgan fingerprint density at radius 1 is 1.47 bits per heavy atom. The Bertz CT molecular complexity index is 500. The summed E-state index contributed by atoms with van der Waals surface area (Å²) < 4.78 is 0.380. The molecule has 2 rings (SSSR count). The van der Waals surface area contributed by atoms with Crippen LogP contribution in [0.5, 0.6) is 11.5 Å². The van der Waals surface area contributed by atoms with E-state index in [1.807, 2.05) is 0 Å². The molecule has 1 aliphatic rings. The van der Waals surface area contributed by atoms with Crippen molar-refractivity contribution in [1.82, 2.24) is 5.01 Å². The molecule has 0 aliphatic carbocycles. The van der Waals surface area contributed by atoms with Gasteiger partial charge in [0.05, 0.1) is 12.0 Å². The number of nitrogens with zero attached hydrogens (tertiary/aromatic N) is 2. The second-order valence-corrected chi connectivity index (χ2v) is 4.83. The minimum absolute atomic E-state index is 0.198. The number of carbonyl (C=O) groups excluding carboxylic acids is 1. The SMILES string of the molecule is O=C1CSC(=S)N1N=Cc1cccc(O)c1O. The van der Waals surface area contributed by atoms with Gasteiger partial charge in [-0.3, -0.25) is 4.79 Å². The topological polar surface area (TPSA) is 73.1 Å². The van der Waals surface area contributed by atoms with Gasteiger partial charge in [0.25, 0.3) is 5.91 Å². The molecule has 5 nitrogen and oxygen atoms in total. The largest absolute Gasteiger partial charge is 0.504 e. The monoisotopic (exact) mass is 268 g/mol. The van der Waals surface area contributed by atoms with Crippen molar-refractivity contribution >= 4 is 40.4 Å². The molecule has 0 radical (unpaired) electrons. The van der Waals surface area contributed by atoms with Gasteiger partial charge < -0.3 is 10.2 Å². The molecule has 1 aromatic carbocycles. The minimum atomic E-state index is -0.276. The number of hydrazone groups is 1. The van der Waals surface area contributed by atoms with Gasteiger partial charge in [-0.1, -0.05) is 30.0 Å². The van der Waals surface area contributed by atoms with Crippen LogP contribution >= 0.6 is 24.0 Å². The summed E-state index contributed by atoms with van der Waals surface area (Å²) in [6, 6.07) is 4.48. The van der Waals surface area contributed by atoms with E-state index >= 15 is 0 Å². The second-order valence-electron chi connectivity index (χ2n) is 3.22. The molecular weight excluding hydrogens is 260 g/mol. The van der Waals surface area contributed by atoms with E-state index in [0.717, 1.165) is 5.01 Å². The maximum atomic E-state index is 11.3. The number of aromatic hydroxyl groups is 2. The number of para-hydroxylation sites is 1. The fourth-order valence-electron chi connectivity index (χ4n) is 1.23. The molecule has 0 aromatic heterocycles. The lowest BCUT2D eigenvalue weighted by Gasteiger charge is -2.07. The Kier molecular flexibility index (Phi) is 3.30. The van der Waals surface area contributed by atoms with Crippen LogP contribution in [0.15, 0.2) is 23.3 Å². The van der Waals surface area contributed by atoms with E-state index in [9.17, 15) is 15.0 Å². The summed E-state index contributed by atoms with van der Waals surface area (Å²) in [6.45, 7) is 0. The Balaban J connectivity index is 2.23. The quantitative estimate of drug-likeness (QED) is 0.480. The van der Waals surface area contributed by atoms with Crippen LogP contribution in [-0.2, 0) is 4.79 Å². The zero-order chi connectivity index (χ0) is 12.4. The summed E-state index contributed by atoms with van der Waals surface area (Å²) in [6.07, 6.45) is 1.28. The molecule has 0 bridgehead atoms. The van der Waals surface area contributed by atoms with Crippen LogP contribution in [0.3, 0.4) is 0 Å². The zero-order valence-electron chi connectivity index (χ0n) is 8.53. The van der Waals surface area contributed by atoms with E-state index in [0.29, 0.717) is 9.88 Å². The number of thioether (sulfide) groups is 1. The third kappa shape index (κ3) is 2.40. The molecule has 7 heteroatoms. The van der Waals surface area contributed by atoms with Gasteiger partial charge in [0, 0.05) is 5.56 Å². The van der Waals surface area contributed by atoms with Gasteiger partial charge in [-0.15, -0.1) is 0 Å². The summed E-state index contributed by atoms with van der Waals surface area (Å²) in [5, 5.41) is 23.8. The van der Waals surface area contributed by atoms with E-state index in [4.69, 9.17) is 12.2 Å². The standard InChI is InChI=1S/C10H8N2O3S2/c13-7-3-1-2-6(9(7)15)4-11-12-8(14)5-17-10(12)16/h1-4,13,15H,5H2. The lowest BCUT2D eigenvalue weighted by molar-refractivity contribution is -0.123. The molecule has 1 aromatic rings. The summed E-state index contributed by atoms with van der Waals surface area (Å²) >= 11 is 6.17. The van der Waals surface area contributed by atoms with Crippen LogP contribution < -0.4 is 0 Å². The lowest BCUT2D eigenvalue weighted by atomic mass is 10.2. The van der Waals surface area contributed by atoms with Crippen LogP contribution in [-0.4, -0.2) is 37.4 Å². The van der Waals surface area contributed by atoms with Gasteiger partial charge in [-0.25, -0.2) is 0 Å². The molecule has 1 amide bonds. The number of carbonyl (C=O) groups is 1. The highest BCUT2D eigenvalue weighted by Gasteiger charge is 2.26. The molecule has 17 heavy (non-hydrogen) atoms. The van der Waals surface area contributed by atoms with Crippen LogP contribution in [0.25, 0.3) is 0 Å². The maximum absolute atomic E-state index is 11.3. The van der Waals surface area contributed by atoms with Gasteiger partial charge in [0.2, 0.25) is 0 Å². The Morgan fingerprint density at radius 3 is 2.88 bits per heavy atom. The fraction of sp³-hybridized carbons (Fsp3) is 0.100. The van der Waals surface area contributed by atoms with E-state index in [-0.39, 0.29) is 23.2 Å². The molecular formula is C10H8N2O3S2. The molecule has 0 spiro atoms. The summed E-state index contributed by atoms with van der Waals surface area (Å²) in [5.74, 6) is -0.432. The molecule has 88 valence electrons. The molecule has 1 heterocycles. The highest BCUT2D eigenvalue weighted by Crippen LogP contribution is 2.27. The Labute approximate surface area is 107 Å². The predicted octanol–water partition coefficient (Wildman–Crippen LogP) is 1.29. The van der Waals surface area contributed by atoms with Crippen molar-refractivity contribution in [2.45, 2.75) is 0 Å². The summed E-state index contributed by atoms with van der Waals surface area (Å²) in [4.78, 5) is 11.3. The second kappa shape index (κ2) is 4.72. The molecule has 2 N–H and O–H groups in total. The molecule has 0 saturated carbocycles. The van der Waals surface area contributed by atoms with Crippen LogP contribution in [0, 0.1) is 0 Å². The van der Waals surface area contributed by atoms with E-state index in [1.54, 1.807) is 12.1 Å². The molecule has 1 aliphatic heterocycles. The van der Waals surface area contributed by atoms with Crippen molar-refractivity contribution in [3.63, 3.8) is 0 Å². The van der Waals surface area contributed by atoms with Crippen LogP contribution in [0.1, 0.15) is 5.56 Å². The summed E-state index contributed by atoms with van der Waals surface area (Å²) in [5.41, 5.74) is 0.317.